The van der Waals surface area contributed by atoms with Crippen LogP contribution in [0.5, 0.6) is 5.75 Å². The molecule has 0 amide bonds. The average Bonchev–Trinajstić information content (AvgIpc) is 3.38. The molecule has 1 fully saturated rings. The summed E-state index contributed by atoms with van der Waals surface area (Å²) in [7, 11) is 1.62. The number of aromatic amines is 1. The van der Waals surface area contributed by atoms with Crippen molar-refractivity contribution in [1.29, 1.82) is 5.26 Å². The van der Waals surface area contributed by atoms with Gasteiger partial charge < -0.3 is 4.74 Å². The first kappa shape index (κ1) is 27.8. The van der Waals surface area contributed by atoms with Crippen molar-refractivity contribution in [1.82, 2.24) is 24.5 Å². The van der Waals surface area contributed by atoms with Gasteiger partial charge in [-0.25, -0.2) is 9.48 Å². The van der Waals surface area contributed by atoms with Crippen molar-refractivity contribution in [3.63, 3.8) is 0 Å². The van der Waals surface area contributed by atoms with Crippen LogP contribution in [0.4, 0.5) is 0 Å². The van der Waals surface area contributed by atoms with Gasteiger partial charge in [0.1, 0.15) is 11.8 Å². The van der Waals surface area contributed by atoms with E-state index in [1.807, 2.05) is 44.2 Å². The van der Waals surface area contributed by atoms with Gasteiger partial charge in [-0.1, -0.05) is 31.9 Å². The number of aryl methyl sites for hydroxylation is 2. The highest BCUT2D eigenvalue weighted by Gasteiger charge is 2.28. The first-order chi connectivity index (χ1) is 19.7. The first-order valence-corrected chi connectivity index (χ1v) is 13.7. The van der Waals surface area contributed by atoms with Crippen LogP contribution in [-0.4, -0.2) is 31.7 Å². The molecular formula is C31H32N6O4. The van der Waals surface area contributed by atoms with Gasteiger partial charge in [-0.15, -0.1) is 5.10 Å². The third kappa shape index (κ3) is 5.61. The quantitative estimate of drug-likeness (QED) is 0.371. The Kier molecular flexibility index (Phi) is 7.70. The van der Waals surface area contributed by atoms with E-state index >= 15 is 0 Å². The summed E-state index contributed by atoms with van der Waals surface area (Å²) in [5, 5.41) is 17.9. The maximum atomic E-state index is 13.7. The fourth-order valence-corrected chi connectivity index (χ4v) is 5.79. The summed E-state index contributed by atoms with van der Waals surface area (Å²) in [5.74, 6) is 1.38. The second kappa shape index (κ2) is 11.4. The molecule has 41 heavy (non-hydrogen) atoms. The highest BCUT2D eigenvalue weighted by molar-refractivity contribution is 5.46. The van der Waals surface area contributed by atoms with Crippen LogP contribution in [-0.2, 0) is 13.0 Å². The summed E-state index contributed by atoms with van der Waals surface area (Å²) in [5.41, 5.74) is 3.82. The van der Waals surface area contributed by atoms with E-state index in [-0.39, 0.29) is 17.2 Å². The molecule has 2 unspecified atom stereocenters. The molecule has 0 bridgehead atoms. The monoisotopic (exact) mass is 552 g/mol. The van der Waals surface area contributed by atoms with Crippen molar-refractivity contribution in [2.45, 2.75) is 58.9 Å². The lowest BCUT2D eigenvalue weighted by Crippen LogP contribution is -2.33. The van der Waals surface area contributed by atoms with E-state index in [4.69, 9.17) is 9.84 Å². The molecule has 2 atom stereocenters. The zero-order valence-electron chi connectivity index (χ0n) is 23.6. The molecule has 1 saturated carbocycles. The molecule has 2 heterocycles. The number of ether oxygens (including phenoxy) is 1. The third-order valence-electron chi connectivity index (χ3n) is 8.02. The van der Waals surface area contributed by atoms with Gasteiger partial charge in [-0.2, -0.15) is 15.0 Å². The zero-order valence-corrected chi connectivity index (χ0v) is 23.6. The smallest absolute Gasteiger partial charge is 0.349 e. The van der Waals surface area contributed by atoms with Gasteiger partial charge in [0.15, 0.2) is 0 Å². The third-order valence-corrected chi connectivity index (χ3v) is 8.02. The summed E-state index contributed by atoms with van der Waals surface area (Å²) in [6, 6.07) is 14.9. The maximum Gasteiger partial charge on any atom is 0.349 e. The Morgan fingerprint density at radius 2 is 1.76 bits per heavy atom. The minimum Gasteiger partial charge on any atom is -0.497 e. The lowest BCUT2D eigenvalue weighted by molar-refractivity contribution is 0.414. The van der Waals surface area contributed by atoms with Crippen LogP contribution in [0.1, 0.15) is 71.3 Å². The molecule has 210 valence electrons. The molecule has 1 aliphatic rings. The van der Waals surface area contributed by atoms with Crippen molar-refractivity contribution in [3.8, 4) is 17.5 Å². The summed E-state index contributed by atoms with van der Waals surface area (Å²) >= 11 is 0. The van der Waals surface area contributed by atoms with E-state index in [0.29, 0.717) is 24.6 Å². The molecule has 1 N–H and O–H groups in total. The summed E-state index contributed by atoms with van der Waals surface area (Å²) in [4.78, 5) is 40.0. The predicted molar refractivity (Wildman–Crippen MR) is 154 cm³/mol. The van der Waals surface area contributed by atoms with Gasteiger partial charge in [0, 0.05) is 12.0 Å². The minimum atomic E-state index is -0.818. The van der Waals surface area contributed by atoms with E-state index in [1.165, 1.54) is 0 Å². The molecule has 0 saturated heterocycles. The molecule has 10 nitrogen and oxygen atoms in total. The van der Waals surface area contributed by atoms with Gasteiger partial charge in [-0.05, 0) is 84.7 Å². The number of nitrogens with one attached hydrogen (secondary N) is 1. The van der Waals surface area contributed by atoms with Gasteiger partial charge in [0.25, 0.3) is 11.1 Å². The summed E-state index contributed by atoms with van der Waals surface area (Å²) in [6.07, 6.45) is 3.69. The molecule has 4 aromatic rings. The standard InChI is InChI=1S/C31H32N6O4/c1-18-6-5-7-25(18)27-15-22(34-36(30(27)39)17-21-8-10-24(41-4)11-9-21)14-26-19(2)12-23(13-20(26)3)37-31(40)33-29(38)28(16-32)35-37/h8-13,15,18,25H,5-7,14,17H2,1-4H3,(H,33,38,40). The van der Waals surface area contributed by atoms with Crippen molar-refractivity contribution in [2.24, 2.45) is 5.92 Å². The lowest BCUT2D eigenvalue weighted by Gasteiger charge is -2.19. The van der Waals surface area contributed by atoms with Crippen LogP contribution < -0.4 is 21.5 Å². The number of nitrogens with zero attached hydrogens (tertiary/aromatic N) is 5. The topological polar surface area (TPSA) is 136 Å². The number of benzene rings is 2. The van der Waals surface area contributed by atoms with Gasteiger partial charge in [0.05, 0.1) is 25.0 Å². The summed E-state index contributed by atoms with van der Waals surface area (Å²) in [6.45, 7) is 6.43. The normalized spacial score (nSPS) is 16.5. The SMILES string of the molecule is COc1ccc(Cn2nc(Cc3c(C)cc(-n4nc(C#N)c(=O)[nH]c4=O)cc3C)cc(C3CCCC3C)c2=O)cc1. The molecule has 2 aromatic heterocycles. The van der Waals surface area contributed by atoms with Crippen LogP contribution in [0.3, 0.4) is 0 Å². The van der Waals surface area contributed by atoms with E-state index in [0.717, 1.165) is 63.2 Å². The van der Waals surface area contributed by atoms with Crippen LogP contribution >= 0.6 is 0 Å². The van der Waals surface area contributed by atoms with Crippen LogP contribution in [0.15, 0.2) is 56.8 Å². The minimum absolute atomic E-state index is 0.0519. The first-order valence-electron chi connectivity index (χ1n) is 13.7. The number of H-pyrrole nitrogens is 1. The number of hydrogen-bond acceptors (Lipinski definition) is 7. The molecule has 5 rings (SSSR count). The Bertz CT molecular complexity index is 1810. The summed E-state index contributed by atoms with van der Waals surface area (Å²) < 4.78 is 7.87. The molecular weight excluding hydrogens is 520 g/mol. The molecule has 0 spiro atoms. The van der Waals surface area contributed by atoms with E-state index < -0.39 is 11.2 Å². The van der Waals surface area contributed by atoms with E-state index in [1.54, 1.807) is 30.0 Å². The molecule has 0 aliphatic heterocycles. The molecule has 10 heteroatoms. The largest absolute Gasteiger partial charge is 0.497 e. The maximum absolute atomic E-state index is 13.7. The molecule has 1 aliphatic carbocycles. The lowest BCUT2D eigenvalue weighted by atomic mass is 9.90. The van der Waals surface area contributed by atoms with Crippen molar-refractivity contribution >= 4 is 0 Å². The van der Waals surface area contributed by atoms with Crippen LogP contribution in [0, 0.1) is 31.1 Å². The fraction of sp³-hybridized carbons (Fsp3) is 0.355. The van der Waals surface area contributed by atoms with Crippen molar-refractivity contribution in [2.75, 3.05) is 7.11 Å². The van der Waals surface area contributed by atoms with E-state index in [2.05, 4.69) is 17.0 Å². The Balaban J connectivity index is 1.55. The van der Waals surface area contributed by atoms with E-state index in [9.17, 15) is 19.6 Å². The fourth-order valence-electron chi connectivity index (χ4n) is 5.79. The Morgan fingerprint density at radius 1 is 1.05 bits per heavy atom. The second-order valence-electron chi connectivity index (χ2n) is 10.8. The zero-order chi connectivity index (χ0) is 29.3. The predicted octanol–water partition coefficient (Wildman–Crippen LogP) is 3.52. The second-order valence-corrected chi connectivity index (χ2v) is 10.8. The number of aromatic nitrogens is 5. The Morgan fingerprint density at radius 3 is 2.37 bits per heavy atom. The number of methoxy groups -OCH3 is 1. The molecule has 0 radical (unpaired) electrons. The van der Waals surface area contributed by atoms with Gasteiger partial charge in [0.2, 0.25) is 5.69 Å². The van der Waals surface area contributed by atoms with Gasteiger partial charge >= 0.3 is 5.69 Å². The van der Waals surface area contributed by atoms with Crippen LogP contribution in [0.2, 0.25) is 0 Å². The van der Waals surface area contributed by atoms with Crippen LogP contribution in [0.25, 0.3) is 5.69 Å². The Hall–Kier alpha value is -4.78. The number of rotatable bonds is 7. The highest BCUT2D eigenvalue weighted by Crippen LogP contribution is 2.38. The molecule has 2 aromatic carbocycles. The highest BCUT2D eigenvalue weighted by atomic mass is 16.5. The Labute approximate surface area is 236 Å². The van der Waals surface area contributed by atoms with Gasteiger partial charge in [-0.3, -0.25) is 14.6 Å². The number of hydrogen-bond donors (Lipinski definition) is 1. The van der Waals surface area contributed by atoms with Crippen molar-refractivity contribution in [3.05, 3.63) is 113 Å². The van der Waals surface area contributed by atoms with Crippen molar-refractivity contribution < 1.29 is 4.74 Å². The number of nitriles is 1. The average molecular weight is 553 g/mol.